The lowest BCUT2D eigenvalue weighted by molar-refractivity contribution is -0.00177. The fourth-order valence-corrected chi connectivity index (χ4v) is 2.23. The number of nitrogens with one attached hydrogen (secondary N) is 3. The molecular formula is C18H26FN7O2. The molecule has 6 N–H and O–H groups in total. The minimum absolute atomic E-state index is 0.0382. The predicted octanol–water partition coefficient (Wildman–Crippen LogP) is 1.86. The number of pyridine rings is 1. The van der Waals surface area contributed by atoms with Gasteiger partial charge in [0.25, 0.3) is 5.91 Å². The third kappa shape index (κ3) is 5.74. The molecule has 0 spiro atoms. The summed E-state index contributed by atoms with van der Waals surface area (Å²) in [6.45, 7) is 6.21. The summed E-state index contributed by atoms with van der Waals surface area (Å²) < 4.78 is 13.9. The largest absolute Gasteiger partial charge is 0.394 e. The molecule has 2 rings (SSSR count). The van der Waals surface area contributed by atoms with Crippen molar-refractivity contribution in [2.75, 3.05) is 22.9 Å². The smallest absolute Gasteiger partial charge is 0.255 e. The van der Waals surface area contributed by atoms with E-state index in [0.717, 1.165) is 0 Å². The zero-order valence-electron chi connectivity index (χ0n) is 16.3. The summed E-state index contributed by atoms with van der Waals surface area (Å²) in [6, 6.07) is 1.68. The quantitative estimate of drug-likeness (QED) is 0.460. The van der Waals surface area contributed by atoms with Gasteiger partial charge in [0.1, 0.15) is 18.3 Å². The Labute approximate surface area is 163 Å². The minimum Gasteiger partial charge on any atom is -0.394 e. The highest BCUT2D eigenvalue weighted by atomic mass is 19.1. The molecule has 152 valence electrons. The van der Waals surface area contributed by atoms with E-state index in [0.29, 0.717) is 23.0 Å². The molecule has 1 unspecified atom stereocenters. The van der Waals surface area contributed by atoms with Gasteiger partial charge in [0, 0.05) is 18.3 Å². The molecular weight excluding hydrogens is 365 g/mol. The molecule has 1 atom stereocenters. The number of carbonyl (C=O) groups excluding carboxylic acids is 1. The van der Waals surface area contributed by atoms with Gasteiger partial charge in [0.05, 0.1) is 35.3 Å². The predicted molar refractivity (Wildman–Crippen MR) is 106 cm³/mol. The maximum Gasteiger partial charge on any atom is 0.255 e. The van der Waals surface area contributed by atoms with Gasteiger partial charge in [-0.3, -0.25) is 4.79 Å². The molecule has 0 saturated carbocycles. The number of anilines is 4. The topological polar surface area (TPSA) is 138 Å². The Kier molecular flexibility index (Phi) is 6.68. The summed E-state index contributed by atoms with van der Waals surface area (Å²) >= 11 is 0. The third-order valence-corrected chi connectivity index (χ3v) is 3.79. The van der Waals surface area contributed by atoms with Crippen LogP contribution in [0.25, 0.3) is 0 Å². The standard InChI is InChI=1S/C18H26FN7O2/c1-10(2)25-13-5-15(26-16-12(20)7-21-9-24-16)22-6-11(13)17(27)23-8-14(19)18(3,4)28/h5-7,9-10,14,28H,8,20H2,1-4H3,(H,23,27)(H2,21,22,24,25,26). The van der Waals surface area contributed by atoms with Crippen molar-refractivity contribution in [1.82, 2.24) is 20.3 Å². The number of nitrogens with two attached hydrogens (primary N) is 1. The number of rotatable bonds is 8. The number of amides is 1. The molecule has 0 bridgehead atoms. The van der Waals surface area contributed by atoms with Crippen LogP contribution in [0.5, 0.6) is 0 Å². The van der Waals surface area contributed by atoms with Crippen LogP contribution in [-0.2, 0) is 0 Å². The summed E-state index contributed by atoms with van der Waals surface area (Å²) in [4.78, 5) is 24.6. The molecule has 0 fully saturated rings. The van der Waals surface area contributed by atoms with E-state index in [1.54, 1.807) is 6.07 Å². The van der Waals surface area contributed by atoms with Crippen LogP contribution in [0, 0.1) is 0 Å². The van der Waals surface area contributed by atoms with Gasteiger partial charge in [-0.25, -0.2) is 19.3 Å². The van der Waals surface area contributed by atoms with Crippen molar-refractivity contribution in [3.8, 4) is 0 Å². The molecule has 2 aromatic rings. The second kappa shape index (κ2) is 8.79. The first-order valence-corrected chi connectivity index (χ1v) is 8.81. The Morgan fingerprint density at radius 2 is 2.04 bits per heavy atom. The second-order valence-electron chi connectivity index (χ2n) is 7.20. The number of aliphatic hydroxyl groups is 1. The van der Waals surface area contributed by atoms with Gasteiger partial charge in [-0.1, -0.05) is 0 Å². The summed E-state index contributed by atoms with van der Waals surface area (Å²) in [5, 5.41) is 18.3. The first-order chi connectivity index (χ1) is 13.1. The summed E-state index contributed by atoms with van der Waals surface area (Å²) in [6.07, 6.45) is 2.58. The molecule has 2 aromatic heterocycles. The average molecular weight is 391 g/mol. The van der Waals surface area contributed by atoms with E-state index in [1.807, 2.05) is 13.8 Å². The molecule has 10 heteroatoms. The van der Waals surface area contributed by atoms with Crippen LogP contribution in [0.3, 0.4) is 0 Å². The molecule has 0 aromatic carbocycles. The summed E-state index contributed by atoms with van der Waals surface area (Å²) in [7, 11) is 0. The van der Waals surface area contributed by atoms with E-state index < -0.39 is 17.7 Å². The average Bonchev–Trinajstić information content (AvgIpc) is 2.60. The maximum atomic E-state index is 13.9. The third-order valence-electron chi connectivity index (χ3n) is 3.79. The number of hydrogen-bond acceptors (Lipinski definition) is 8. The summed E-state index contributed by atoms with van der Waals surface area (Å²) in [5.74, 6) is 0.307. The molecule has 0 saturated heterocycles. The second-order valence-corrected chi connectivity index (χ2v) is 7.20. The fraction of sp³-hybridized carbons (Fsp3) is 0.444. The van der Waals surface area contributed by atoms with E-state index in [-0.39, 0.29) is 18.2 Å². The van der Waals surface area contributed by atoms with E-state index in [9.17, 15) is 14.3 Å². The Hall–Kier alpha value is -3.01. The van der Waals surface area contributed by atoms with E-state index in [4.69, 9.17) is 5.73 Å². The SMILES string of the molecule is CC(C)Nc1cc(Nc2ncncc2N)ncc1C(=O)NCC(F)C(C)(C)O. The molecule has 0 aliphatic carbocycles. The normalized spacial score (nSPS) is 12.5. The number of hydrogen-bond donors (Lipinski definition) is 5. The van der Waals surface area contributed by atoms with Crippen molar-refractivity contribution in [2.24, 2.45) is 0 Å². The van der Waals surface area contributed by atoms with E-state index in [2.05, 4.69) is 30.9 Å². The summed E-state index contributed by atoms with van der Waals surface area (Å²) in [5.41, 5.74) is 5.38. The van der Waals surface area contributed by atoms with Gasteiger partial charge >= 0.3 is 0 Å². The zero-order valence-corrected chi connectivity index (χ0v) is 16.3. The first-order valence-electron chi connectivity index (χ1n) is 8.81. The lowest BCUT2D eigenvalue weighted by atomic mass is 10.0. The molecule has 0 radical (unpaired) electrons. The Balaban J connectivity index is 2.21. The molecule has 0 aliphatic rings. The van der Waals surface area contributed by atoms with Gasteiger partial charge in [-0.2, -0.15) is 0 Å². The van der Waals surface area contributed by atoms with Gasteiger partial charge in [0.15, 0.2) is 5.82 Å². The van der Waals surface area contributed by atoms with Crippen LogP contribution in [-0.4, -0.2) is 50.3 Å². The number of aromatic nitrogens is 3. The van der Waals surface area contributed by atoms with Crippen LogP contribution in [0.4, 0.5) is 27.4 Å². The zero-order chi connectivity index (χ0) is 20.9. The van der Waals surface area contributed by atoms with Gasteiger partial charge < -0.3 is 26.8 Å². The Morgan fingerprint density at radius 3 is 2.64 bits per heavy atom. The highest BCUT2D eigenvalue weighted by Gasteiger charge is 2.27. The maximum absolute atomic E-state index is 13.9. The highest BCUT2D eigenvalue weighted by Crippen LogP contribution is 2.23. The molecule has 9 nitrogen and oxygen atoms in total. The molecule has 0 aliphatic heterocycles. The minimum atomic E-state index is -1.60. The van der Waals surface area contributed by atoms with Gasteiger partial charge in [-0.05, 0) is 27.7 Å². The van der Waals surface area contributed by atoms with Crippen molar-refractivity contribution in [2.45, 2.75) is 45.5 Å². The van der Waals surface area contributed by atoms with Crippen LogP contribution in [0.2, 0.25) is 0 Å². The van der Waals surface area contributed by atoms with Crippen LogP contribution >= 0.6 is 0 Å². The monoisotopic (exact) mass is 391 g/mol. The number of carbonyl (C=O) groups is 1. The number of alkyl halides is 1. The lowest BCUT2D eigenvalue weighted by Gasteiger charge is -2.23. The Bertz CT molecular complexity index is 824. The highest BCUT2D eigenvalue weighted by molar-refractivity contribution is 5.99. The lowest BCUT2D eigenvalue weighted by Crippen LogP contribution is -2.42. The number of nitrogens with zero attached hydrogens (tertiary/aromatic N) is 3. The fourth-order valence-electron chi connectivity index (χ4n) is 2.23. The van der Waals surface area contributed by atoms with Crippen molar-refractivity contribution in [3.63, 3.8) is 0 Å². The van der Waals surface area contributed by atoms with Gasteiger partial charge in [0.2, 0.25) is 0 Å². The molecule has 2 heterocycles. The van der Waals surface area contributed by atoms with Crippen molar-refractivity contribution >= 4 is 28.9 Å². The molecule has 28 heavy (non-hydrogen) atoms. The van der Waals surface area contributed by atoms with E-state index >= 15 is 0 Å². The van der Waals surface area contributed by atoms with Crippen LogP contribution in [0.1, 0.15) is 38.1 Å². The first kappa shape index (κ1) is 21.3. The number of nitrogen functional groups attached to an aromatic ring is 1. The van der Waals surface area contributed by atoms with Crippen molar-refractivity contribution in [1.29, 1.82) is 0 Å². The van der Waals surface area contributed by atoms with Gasteiger partial charge in [-0.15, -0.1) is 0 Å². The Morgan fingerprint density at radius 1 is 1.32 bits per heavy atom. The van der Waals surface area contributed by atoms with Crippen LogP contribution < -0.4 is 21.7 Å². The van der Waals surface area contributed by atoms with E-state index in [1.165, 1.54) is 32.6 Å². The van der Waals surface area contributed by atoms with Crippen molar-refractivity contribution < 1.29 is 14.3 Å². The van der Waals surface area contributed by atoms with Crippen LogP contribution in [0.15, 0.2) is 24.8 Å². The molecule has 1 amide bonds. The number of halogens is 1. The van der Waals surface area contributed by atoms with Crippen molar-refractivity contribution in [3.05, 3.63) is 30.4 Å².